The van der Waals surface area contributed by atoms with Gasteiger partial charge in [-0.25, -0.2) is 0 Å². The average molecular weight is 354 g/mol. The van der Waals surface area contributed by atoms with Gasteiger partial charge in [0.1, 0.15) is 0 Å². The summed E-state index contributed by atoms with van der Waals surface area (Å²) in [6.45, 7) is 0. The maximum absolute atomic E-state index is 12.9. The van der Waals surface area contributed by atoms with Crippen molar-refractivity contribution in [2.75, 3.05) is 5.32 Å². The van der Waals surface area contributed by atoms with Gasteiger partial charge in [-0.3, -0.25) is 4.79 Å². The van der Waals surface area contributed by atoms with E-state index in [4.69, 9.17) is 0 Å². The normalized spacial score (nSPS) is 23.1. The van der Waals surface area contributed by atoms with E-state index in [1.54, 1.807) is 0 Å². The fraction of sp³-hybridized carbons (Fsp3) is 0.211. The number of Topliss-reactive ketones (excluding diaryl/α,β-unsaturated/α-hetero) is 1. The second-order valence-electron chi connectivity index (χ2n) is 5.87. The molecule has 1 N–H and O–H groups in total. The zero-order valence-electron chi connectivity index (χ0n) is 12.1. The van der Waals surface area contributed by atoms with E-state index in [2.05, 4.69) is 51.6 Å². The van der Waals surface area contributed by atoms with Crippen LogP contribution in [0.5, 0.6) is 0 Å². The van der Waals surface area contributed by atoms with Crippen LogP contribution < -0.4 is 5.32 Å². The van der Waals surface area contributed by atoms with Crippen LogP contribution in [-0.2, 0) is 4.79 Å². The molecule has 1 aliphatic heterocycles. The summed E-state index contributed by atoms with van der Waals surface area (Å²) in [5, 5.41) is 3.59. The van der Waals surface area contributed by atoms with E-state index in [0.717, 1.165) is 39.7 Å². The van der Waals surface area contributed by atoms with Crippen LogP contribution in [0, 0.1) is 0 Å². The third-order valence-corrected chi connectivity index (χ3v) is 5.10. The first-order valence-electron chi connectivity index (χ1n) is 7.59. The second-order valence-corrected chi connectivity index (χ2v) is 6.79. The van der Waals surface area contributed by atoms with Gasteiger partial charge in [-0.05, 0) is 42.2 Å². The van der Waals surface area contributed by atoms with Crippen molar-refractivity contribution in [3.05, 3.63) is 75.8 Å². The Bertz CT molecular complexity index is 763. The number of ketones is 1. The molecule has 2 nitrogen and oxygen atoms in total. The monoisotopic (exact) mass is 353 g/mol. The molecule has 0 amide bonds. The van der Waals surface area contributed by atoms with Gasteiger partial charge >= 0.3 is 0 Å². The molecule has 4 rings (SSSR count). The molecule has 0 saturated heterocycles. The van der Waals surface area contributed by atoms with Crippen molar-refractivity contribution in [3.8, 4) is 0 Å². The van der Waals surface area contributed by atoms with Crippen LogP contribution in [-0.4, -0.2) is 5.78 Å². The first-order chi connectivity index (χ1) is 10.7. The molecule has 0 spiro atoms. The largest absolute Gasteiger partial charge is 0.374 e. The molecule has 2 aromatic rings. The van der Waals surface area contributed by atoms with Gasteiger partial charge in [0, 0.05) is 21.7 Å². The smallest absolute Gasteiger partial charge is 0.168 e. The highest BCUT2D eigenvalue weighted by molar-refractivity contribution is 9.10. The van der Waals surface area contributed by atoms with Crippen LogP contribution in [0.1, 0.15) is 35.9 Å². The summed E-state index contributed by atoms with van der Waals surface area (Å²) in [6.07, 6.45) is 3.99. The van der Waals surface area contributed by atoms with E-state index in [1.165, 1.54) is 0 Å². The Balaban J connectivity index is 1.87. The van der Waals surface area contributed by atoms with Crippen molar-refractivity contribution >= 4 is 27.4 Å². The molecule has 0 fully saturated rings. The maximum Gasteiger partial charge on any atom is 0.168 e. The van der Waals surface area contributed by atoms with Crippen LogP contribution >= 0.6 is 15.9 Å². The molecule has 0 radical (unpaired) electrons. The lowest BCUT2D eigenvalue weighted by Crippen LogP contribution is -2.22. The molecular formula is C19H16BrNO. The highest BCUT2D eigenvalue weighted by atomic mass is 79.9. The van der Waals surface area contributed by atoms with Crippen molar-refractivity contribution in [3.63, 3.8) is 0 Å². The molecule has 110 valence electrons. The number of fused-ring (bicyclic) bond motifs is 4. The molecule has 2 aliphatic rings. The summed E-state index contributed by atoms with van der Waals surface area (Å²) >= 11 is 3.47. The number of para-hydroxylation sites is 1. The van der Waals surface area contributed by atoms with Crippen LogP contribution in [0.15, 0.2) is 64.7 Å². The van der Waals surface area contributed by atoms with E-state index in [1.807, 2.05) is 24.3 Å². The molecule has 2 bridgehead atoms. The lowest BCUT2D eigenvalue weighted by molar-refractivity contribution is -0.117. The van der Waals surface area contributed by atoms with Crippen LogP contribution in [0.2, 0.25) is 0 Å². The predicted molar refractivity (Wildman–Crippen MR) is 92.0 cm³/mol. The lowest BCUT2D eigenvalue weighted by atomic mass is 9.80. The van der Waals surface area contributed by atoms with E-state index in [0.29, 0.717) is 0 Å². The average Bonchev–Trinajstić information content (AvgIpc) is 2.60. The first-order valence-corrected chi connectivity index (χ1v) is 8.38. The molecule has 22 heavy (non-hydrogen) atoms. The molecule has 3 heteroatoms. The molecule has 2 aromatic carbocycles. The van der Waals surface area contributed by atoms with Gasteiger partial charge in [0.2, 0.25) is 0 Å². The number of rotatable bonds is 1. The van der Waals surface area contributed by atoms with E-state index < -0.39 is 0 Å². The molecule has 0 aromatic heterocycles. The fourth-order valence-corrected chi connectivity index (χ4v) is 3.74. The van der Waals surface area contributed by atoms with Gasteiger partial charge in [0.15, 0.2) is 5.78 Å². The predicted octanol–water partition coefficient (Wildman–Crippen LogP) is 4.99. The van der Waals surface area contributed by atoms with E-state index in [9.17, 15) is 4.79 Å². The Morgan fingerprint density at radius 2 is 1.82 bits per heavy atom. The topological polar surface area (TPSA) is 29.1 Å². The first kappa shape index (κ1) is 13.8. The lowest BCUT2D eigenvalue weighted by Gasteiger charge is -2.23. The summed E-state index contributed by atoms with van der Waals surface area (Å²) in [5.74, 6) is 0.278. The molecule has 0 saturated carbocycles. The number of anilines is 1. The number of carbonyl (C=O) groups is 1. The SMILES string of the molecule is O=C1C2=CCCC1c1ccccc1NC2c1ccc(Br)cc1. The number of benzene rings is 2. The molecule has 1 aliphatic carbocycles. The Kier molecular flexibility index (Phi) is 3.38. The van der Waals surface area contributed by atoms with Gasteiger partial charge in [-0.15, -0.1) is 0 Å². The third kappa shape index (κ3) is 2.20. The maximum atomic E-state index is 12.9. The van der Waals surface area contributed by atoms with Crippen molar-refractivity contribution in [1.82, 2.24) is 0 Å². The summed E-state index contributed by atoms with van der Waals surface area (Å²) in [4.78, 5) is 12.9. The van der Waals surface area contributed by atoms with Crippen LogP contribution in [0.25, 0.3) is 0 Å². The molecule has 1 heterocycles. The van der Waals surface area contributed by atoms with E-state index in [-0.39, 0.29) is 17.7 Å². The molecular weight excluding hydrogens is 338 g/mol. The van der Waals surface area contributed by atoms with Crippen molar-refractivity contribution in [1.29, 1.82) is 0 Å². The van der Waals surface area contributed by atoms with Crippen molar-refractivity contribution in [2.45, 2.75) is 24.8 Å². The highest BCUT2D eigenvalue weighted by Gasteiger charge is 2.36. The zero-order valence-corrected chi connectivity index (χ0v) is 13.6. The summed E-state index contributed by atoms with van der Waals surface area (Å²) < 4.78 is 1.05. The Morgan fingerprint density at radius 3 is 2.64 bits per heavy atom. The van der Waals surface area contributed by atoms with Crippen molar-refractivity contribution < 1.29 is 4.79 Å². The van der Waals surface area contributed by atoms with Crippen molar-refractivity contribution in [2.24, 2.45) is 0 Å². The van der Waals surface area contributed by atoms with E-state index >= 15 is 0 Å². The molecule has 2 atom stereocenters. The fourth-order valence-electron chi connectivity index (χ4n) is 3.48. The Morgan fingerprint density at radius 1 is 1.05 bits per heavy atom. The number of allylic oxidation sites excluding steroid dienone is 1. The quantitative estimate of drug-likeness (QED) is 0.782. The highest BCUT2D eigenvalue weighted by Crippen LogP contribution is 2.43. The minimum Gasteiger partial charge on any atom is -0.374 e. The number of nitrogens with one attached hydrogen (secondary N) is 1. The van der Waals surface area contributed by atoms with Gasteiger partial charge in [-0.2, -0.15) is 0 Å². The summed E-state index contributed by atoms with van der Waals surface area (Å²) in [7, 11) is 0. The summed E-state index contributed by atoms with van der Waals surface area (Å²) in [6, 6.07) is 16.4. The molecule has 2 unspecified atom stereocenters. The number of hydrogen-bond acceptors (Lipinski definition) is 2. The zero-order chi connectivity index (χ0) is 15.1. The van der Waals surface area contributed by atoms with Crippen LogP contribution in [0.4, 0.5) is 5.69 Å². The third-order valence-electron chi connectivity index (χ3n) is 4.57. The number of hydrogen-bond donors (Lipinski definition) is 1. The standard InChI is InChI=1S/C19H16BrNO/c20-13-10-8-12(9-11-13)18-16-6-3-5-15(19(16)22)14-4-1-2-7-17(14)21-18/h1-2,4,6-11,15,18,21H,3,5H2. The Labute approximate surface area is 138 Å². The van der Waals surface area contributed by atoms with Gasteiger partial charge in [-0.1, -0.05) is 52.3 Å². The van der Waals surface area contributed by atoms with Crippen LogP contribution in [0.3, 0.4) is 0 Å². The second kappa shape index (κ2) is 5.40. The van der Waals surface area contributed by atoms with Gasteiger partial charge in [0.25, 0.3) is 0 Å². The Hall–Kier alpha value is -1.87. The van der Waals surface area contributed by atoms with Gasteiger partial charge in [0.05, 0.1) is 6.04 Å². The minimum absolute atomic E-state index is 0.00384. The summed E-state index contributed by atoms with van der Waals surface area (Å²) in [5.41, 5.74) is 4.26. The van der Waals surface area contributed by atoms with Gasteiger partial charge < -0.3 is 5.32 Å². The number of carbonyl (C=O) groups excluding carboxylic acids is 1. The minimum atomic E-state index is -0.0629. The number of halogens is 1.